The van der Waals surface area contributed by atoms with E-state index in [4.69, 9.17) is 19.7 Å². The van der Waals surface area contributed by atoms with Gasteiger partial charge in [-0.1, -0.05) is 0 Å². The van der Waals surface area contributed by atoms with Gasteiger partial charge in [-0.15, -0.1) is 0 Å². The number of aliphatic imine (C=N–C) groups is 2. The van der Waals surface area contributed by atoms with E-state index in [0.717, 1.165) is 44.8 Å². The number of ketones is 1. The lowest BCUT2D eigenvalue weighted by Gasteiger charge is -2.40. The highest BCUT2D eigenvalue weighted by Gasteiger charge is 2.59. The number of allylic oxidation sites excluding steroid dienone is 4. The number of aromatic amines is 1. The average molecular weight is 556 g/mol. The molecule has 0 saturated carbocycles. The summed E-state index contributed by atoms with van der Waals surface area (Å²) in [7, 11) is 0. The van der Waals surface area contributed by atoms with E-state index in [1.165, 1.54) is 0 Å². The molecule has 0 amide bonds. The molecule has 2 saturated heterocycles. The molecule has 2 N–H and O–H groups in total. The topological polar surface area (TPSA) is 110 Å². The van der Waals surface area contributed by atoms with Crippen LogP contribution in [-0.2, 0) is 15.2 Å². The lowest BCUT2D eigenvalue weighted by molar-refractivity contribution is -0.136. The minimum Gasteiger partial charge on any atom is -0.380 e. The Morgan fingerprint density at radius 1 is 0.976 bits per heavy atom. The molecule has 0 spiro atoms. The van der Waals surface area contributed by atoms with Crippen LogP contribution in [0.3, 0.4) is 0 Å². The van der Waals surface area contributed by atoms with Crippen molar-refractivity contribution in [2.24, 2.45) is 21.3 Å². The van der Waals surface area contributed by atoms with Crippen molar-refractivity contribution in [1.29, 1.82) is 0 Å². The second kappa shape index (κ2) is 8.80. The molecule has 5 aliphatic rings. The summed E-state index contributed by atoms with van der Waals surface area (Å²) in [6.07, 6.45) is 23.4. The smallest absolute Gasteiger partial charge is 0.177 e. The fourth-order valence-corrected chi connectivity index (χ4v) is 6.27. The summed E-state index contributed by atoms with van der Waals surface area (Å²) in [6, 6.07) is 7.92. The summed E-state index contributed by atoms with van der Waals surface area (Å²) >= 11 is 0. The van der Waals surface area contributed by atoms with Crippen LogP contribution in [0.25, 0.3) is 23.4 Å². The van der Waals surface area contributed by atoms with E-state index in [1.807, 2.05) is 85.3 Å². The van der Waals surface area contributed by atoms with Gasteiger partial charge >= 0.3 is 0 Å². The lowest BCUT2D eigenvalue weighted by atomic mass is 9.73. The lowest BCUT2D eigenvalue weighted by Crippen LogP contribution is -2.58. The van der Waals surface area contributed by atoms with Crippen molar-refractivity contribution >= 4 is 29.4 Å². The van der Waals surface area contributed by atoms with Crippen LogP contribution in [0, 0.1) is 11.3 Å². The van der Waals surface area contributed by atoms with E-state index < -0.39 is 16.6 Å². The van der Waals surface area contributed by atoms with Gasteiger partial charge in [0.1, 0.15) is 5.54 Å². The molecule has 42 heavy (non-hydrogen) atoms. The van der Waals surface area contributed by atoms with E-state index in [1.54, 1.807) is 18.7 Å². The molecule has 8 heterocycles. The first-order valence-electron chi connectivity index (χ1n) is 14.1. The minimum atomic E-state index is -0.956. The van der Waals surface area contributed by atoms with Crippen LogP contribution in [-0.4, -0.2) is 55.5 Å². The third-order valence-corrected chi connectivity index (χ3v) is 8.77. The quantitative estimate of drug-likeness (QED) is 0.517. The van der Waals surface area contributed by atoms with Gasteiger partial charge < -0.3 is 19.6 Å². The molecule has 208 valence electrons. The summed E-state index contributed by atoms with van der Waals surface area (Å²) in [5.41, 5.74) is 2.24. The van der Waals surface area contributed by atoms with Gasteiger partial charge in [0, 0.05) is 46.5 Å². The monoisotopic (exact) mass is 555 g/mol. The highest BCUT2D eigenvalue weighted by molar-refractivity contribution is 6.20. The van der Waals surface area contributed by atoms with Crippen LogP contribution in [0.15, 0.2) is 107 Å². The number of Topliss-reactive ketones (excluding diaryl/α,β-unsaturated/α-hetero) is 1. The number of fused-ring (bicyclic) bond motifs is 6. The fraction of sp³-hybridized carbons (Fsp3) is 0.242. The van der Waals surface area contributed by atoms with Crippen molar-refractivity contribution in [3.05, 3.63) is 108 Å². The van der Waals surface area contributed by atoms with Gasteiger partial charge in [0.25, 0.3) is 0 Å². The Bertz CT molecular complexity index is 1950. The van der Waals surface area contributed by atoms with Crippen molar-refractivity contribution in [3.63, 3.8) is 0 Å². The zero-order valence-electron chi connectivity index (χ0n) is 23.3. The first kappa shape index (κ1) is 24.9. The number of rotatable bonds is 3. The highest BCUT2D eigenvalue weighted by atomic mass is 16.5. The number of H-pyrrole nitrogens is 1. The molecule has 2 unspecified atom stereocenters. The molecular weight excluding hydrogens is 526 g/mol. The molecule has 3 aromatic rings. The Kier molecular flexibility index (Phi) is 5.21. The largest absolute Gasteiger partial charge is 0.380 e. The molecule has 9 nitrogen and oxygen atoms in total. The standard InChI is InChI=1S/C33H29N7O2/c1-31(2)29-16-32(40-17-28(35-20-40)21-8-11-34-12-9-21)10-7-26(38-32)14-25-4-3-23(36-25)13-24-5-6-27(37-24)15-33(39-29,30(31)41)22-18-42-19-22/h3-17,20,22,36,39H,18-19H2,1-2H3. The van der Waals surface area contributed by atoms with Gasteiger partial charge in [-0.2, -0.15) is 0 Å². The zero-order chi connectivity index (χ0) is 28.5. The van der Waals surface area contributed by atoms with Gasteiger partial charge in [0.2, 0.25) is 0 Å². The second-order valence-corrected chi connectivity index (χ2v) is 11.9. The van der Waals surface area contributed by atoms with Crippen LogP contribution in [0.1, 0.15) is 13.8 Å². The average Bonchev–Trinajstić information content (AvgIpc) is 3.77. The predicted octanol–water partition coefficient (Wildman–Crippen LogP) is 2.57. The van der Waals surface area contributed by atoms with E-state index in [-0.39, 0.29) is 11.7 Å². The van der Waals surface area contributed by atoms with Gasteiger partial charge in [0.15, 0.2) is 11.4 Å². The van der Waals surface area contributed by atoms with Crippen LogP contribution in [0.5, 0.6) is 0 Å². The third-order valence-electron chi connectivity index (χ3n) is 8.77. The Morgan fingerprint density at radius 3 is 2.52 bits per heavy atom. The molecule has 5 aliphatic heterocycles. The number of hydrogen-bond donors (Lipinski definition) is 2. The number of ether oxygens (including phenoxy) is 1. The first-order valence-corrected chi connectivity index (χ1v) is 14.1. The number of nitrogens with zero attached hydrogens (tertiary/aromatic N) is 5. The number of carbonyl (C=O) groups excluding carboxylic acids is 1. The van der Waals surface area contributed by atoms with E-state index in [9.17, 15) is 4.79 Å². The van der Waals surface area contributed by atoms with Gasteiger partial charge in [0.05, 0.1) is 47.8 Å². The fourth-order valence-electron chi connectivity index (χ4n) is 6.27. The highest BCUT2D eigenvalue weighted by Crippen LogP contribution is 2.47. The first-order chi connectivity index (χ1) is 20.3. The molecule has 0 radical (unpaired) electrons. The Morgan fingerprint density at radius 2 is 1.76 bits per heavy atom. The molecule has 3 aromatic heterocycles. The Balaban J connectivity index is 1.36. The predicted molar refractivity (Wildman–Crippen MR) is 161 cm³/mol. The maximum atomic E-state index is 14.4. The zero-order valence-corrected chi connectivity index (χ0v) is 23.3. The van der Waals surface area contributed by atoms with Gasteiger partial charge in [-0.25, -0.2) is 15.0 Å². The van der Waals surface area contributed by atoms with Crippen molar-refractivity contribution in [2.45, 2.75) is 25.0 Å². The van der Waals surface area contributed by atoms with E-state index in [0.29, 0.717) is 13.2 Å². The molecule has 9 heteroatoms. The van der Waals surface area contributed by atoms with Crippen molar-refractivity contribution in [3.8, 4) is 11.3 Å². The molecule has 2 atom stereocenters. The van der Waals surface area contributed by atoms with Crippen molar-refractivity contribution < 1.29 is 9.53 Å². The van der Waals surface area contributed by atoms with Gasteiger partial charge in [-0.05, 0) is 86.7 Å². The van der Waals surface area contributed by atoms with Crippen LogP contribution < -0.4 is 16.0 Å². The maximum Gasteiger partial charge on any atom is 0.177 e. The Labute approximate surface area is 242 Å². The molecule has 8 rings (SSSR count). The van der Waals surface area contributed by atoms with Crippen LogP contribution in [0.4, 0.5) is 0 Å². The van der Waals surface area contributed by atoms with Crippen molar-refractivity contribution in [2.75, 3.05) is 13.2 Å². The van der Waals surface area contributed by atoms with E-state index >= 15 is 0 Å². The molecule has 0 aliphatic carbocycles. The minimum absolute atomic E-state index is 0.0156. The van der Waals surface area contributed by atoms with Gasteiger partial charge in [-0.3, -0.25) is 9.78 Å². The van der Waals surface area contributed by atoms with Crippen LogP contribution in [0.2, 0.25) is 0 Å². The summed E-state index contributed by atoms with van der Waals surface area (Å²) in [4.78, 5) is 36.8. The number of imidazole rings is 1. The normalized spacial score (nSPS) is 27.3. The van der Waals surface area contributed by atoms with Crippen molar-refractivity contribution in [1.82, 2.24) is 24.8 Å². The summed E-state index contributed by atoms with van der Waals surface area (Å²) in [5.74, 6) is 0.0788. The molecule has 2 fully saturated rings. The SMILES string of the molecule is CC1(C)C(=O)C2(C3COC3)C=C3C=CC(=N3)C=c3ccc([nH]3)=CC3=NC(n4cnc(-c5ccncc5)c4)(C=C3)C=C1N2. The molecule has 0 aromatic carbocycles. The molecular formula is C33H29N7O2. The molecule has 8 bridgehead atoms. The Hall–Kier alpha value is -4.89. The van der Waals surface area contributed by atoms with Crippen LogP contribution >= 0.6 is 0 Å². The summed E-state index contributed by atoms with van der Waals surface area (Å²) in [6.45, 7) is 4.97. The number of pyridine rings is 1. The summed E-state index contributed by atoms with van der Waals surface area (Å²) < 4.78 is 7.60. The van der Waals surface area contributed by atoms with E-state index in [2.05, 4.69) is 27.4 Å². The number of hydrogen-bond acceptors (Lipinski definition) is 7. The second-order valence-electron chi connectivity index (χ2n) is 11.9. The maximum absolute atomic E-state index is 14.4. The number of nitrogens with one attached hydrogen (secondary N) is 2. The third kappa shape index (κ3) is 3.77. The summed E-state index contributed by atoms with van der Waals surface area (Å²) in [5, 5.41) is 5.57. The number of carbonyl (C=O) groups is 1. The number of aromatic nitrogens is 4.